The third kappa shape index (κ3) is 3.45. The number of amides is 2. The molecule has 5 heteroatoms. The highest BCUT2D eigenvalue weighted by Gasteiger charge is 2.17. The van der Waals surface area contributed by atoms with Gasteiger partial charge in [0.05, 0.1) is 11.6 Å². The van der Waals surface area contributed by atoms with Crippen LogP contribution in [0, 0.1) is 5.82 Å². The van der Waals surface area contributed by atoms with Crippen LogP contribution < -0.4 is 11.1 Å². The van der Waals surface area contributed by atoms with E-state index >= 15 is 0 Å². The molecule has 21 heavy (non-hydrogen) atoms. The molecule has 2 amide bonds. The fourth-order valence-corrected chi connectivity index (χ4v) is 1.90. The number of halogens is 1. The predicted molar refractivity (Wildman–Crippen MR) is 78.4 cm³/mol. The Hall–Kier alpha value is -2.69. The third-order valence-corrected chi connectivity index (χ3v) is 3.20. The Bertz CT molecular complexity index is 671. The quantitative estimate of drug-likeness (QED) is 0.907. The molecule has 0 saturated carbocycles. The topological polar surface area (TPSA) is 72.2 Å². The van der Waals surface area contributed by atoms with Gasteiger partial charge in [-0.3, -0.25) is 9.59 Å². The fourth-order valence-electron chi connectivity index (χ4n) is 1.90. The molecule has 2 aromatic carbocycles. The first-order valence-electron chi connectivity index (χ1n) is 6.44. The van der Waals surface area contributed by atoms with E-state index in [0.29, 0.717) is 0 Å². The molecule has 1 unspecified atom stereocenters. The van der Waals surface area contributed by atoms with Crippen LogP contribution >= 0.6 is 0 Å². The number of nitrogens with one attached hydrogen (secondary N) is 1. The van der Waals surface area contributed by atoms with Crippen molar-refractivity contribution in [2.75, 3.05) is 5.32 Å². The normalized spacial score (nSPS) is 11.7. The third-order valence-electron chi connectivity index (χ3n) is 3.20. The molecule has 0 fully saturated rings. The molecule has 0 saturated heterocycles. The zero-order valence-electron chi connectivity index (χ0n) is 11.5. The first-order valence-corrected chi connectivity index (χ1v) is 6.44. The molecule has 2 aromatic rings. The summed E-state index contributed by atoms with van der Waals surface area (Å²) in [6, 6.07) is 12.9. The van der Waals surface area contributed by atoms with Crippen LogP contribution in [0.1, 0.15) is 28.8 Å². The van der Waals surface area contributed by atoms with Crippen LogP contribution in [-0.2, 0) is 4.79 Å². The summed E-state index contributed by atoms with van der Waals surface area (Å²) in [6.45, 7) is 1.74. The lowest BCUT2D eigenvalue weighted by Gasteiger charge is -2.13. The molecular formula is C16H15FN2O2. The van der Waals surface area contributed by atoms with E-state index in [2.05, 4.69) is 5.32 Å². The van der Waals surface area contributed by atoms with E-state index in [1.165, 1.54) is 12.1 Å². The Morgan fingerprint density at radius 1 is 1.14 bits per heavy atom. The number of rotatable bonds is 4. The van der Waals surface area contributed by atoms with Crippen LogP contribution in [0.25, 0.3) is 0 Å². The number of hydrogen-bond acceptors (Lipinski definition) is 2. The molecule has 4 nitrogen and oxygen atoms in total. The maximum Gasteiger partial charge on any atom is 0.248 e. The Balaban J connectivity index is 2.15. The van der Waals surface area contributed by atoms with Crippen molar-refractivity contribution >= 4 is 17.5 Å². The van der Waals surface area contributed by atoms with Gasteiger partial charge in [0.1, 0.15) is 5.82 Å². The Labute approximate surface area is 121 Å². The monoisotopic (exact) mass is 286 g/mol. The van der Waals surface area contributed by atoms with Crippen molar-refractivity contribution in [3.63, 3.8) is 0 Å². The lowest BCUT2D eigenvalue weighted by atomic mass is 10.0. The van der Waals surface area contributed by atoms with Gasteiger partial charge in [-0.1, -0.05) is 30.3 Å². The van der Waals surface area contributed by atoms with Gasteiger partial charge in [-0.15, -0.1) is 0 Å². The van der Waals surface area contributed by atoms with E-state index in [1.807, 2.05) is 30.3 Å². The summed E-state index contributed by atoms with van der Waals surface area (Å²) in [7, 11) is 0. The van der Waals surface area contributed by atoms with Gasteiger partial charge in [0.15, 0.2) is 0 Å². The molecule has 3 N–H and O–H groups in total. The molecule has 0 aromatic heterocycles. The zero-order chi connectivity index (χ0) is 15.4. The number of carbonyl (C=O) groups excluding carboxylic acids is 2. The number of carbonyl (C=O) groups is 2. The van der Waals surface area contributed by atoms with Gasteiger partial charge in [0.25, 0.3) is 0 Å². The molecule has 0 aliphatic heterocycles. The molecule has 0 radical (unpaired) electrons. The molecule has 0 aliphatic rings. The number of benzene rings is 2. The minimum Gasteiger partial charge on any atom is -0.366 e. The second-order valence-corrected chi connectivity index (χ2v) is 4.68. The van der Waals surface area contributed by atoms with E-state index in [4.69, 9.17) is 5.73 Å². The Morgan fingerprint density at radius 2 is 1.81 bits per heavy atom. The lowest BCUT2D eigenvalue weighted by molar-refractivity contribution is -0.117. The Morgan fingerprint density at radius 3 is 2.38 bits per heavy atom. The molecule has 0 heterocycles. The maximum atomic E-state index is 13.8. The minimum absolute atomic E-state index is 0.0211. The smallest absolute Gasteiger partial charge is 0.248 e. The van der Waals surface area contributed by atoms with E-state index in [-0.39, 0.29) is 17.2 Å². The van der Waals surface area contributed by atoms with Crippen molar-refractivity contribution in [3.8, 4) is 0 Å². The molecule has 1 atom stereocenters. The summed E-state index contributed by atoms with van der Waals surface area (Å²) in [6.07, 6.45) is 0. The van der Waals surface area contributed by atoms with Crippen molar-refractivity contribution in [1.29, 1.82) is 0 Å². The molecule has 0 aliphatic carbocycles. The van der Waals surface area contributed by atoms with Gasteiger partial charge in [-0.25, -0.2) is 4.39 Å². The largest absolute Gasteiger partial charge is 0.366 e. The van der Waals surface area contributed by atoms with Crippen LogP contribution in [0.4, 0.5) is 10.1 Å². The highest BCUT2D eigenvalue weighted by Crippen LogP contribution is 2.20. The minimum atomic E-state index is -0.718. The van der Waals surface area contributed by atoms with E-state index in [0.717, 1.165) is 11.6 Å². The zero-order valence-corrected chi connectivity index (χ0v) is 11.5. The highest BCUT2D eigenvalue weighted by atomic mass is 19.1. The van der Waals surface area contributed by atoms with Crippen molar-refractivity contribution < 1.29 is 14.0 Å². The fraction of sp³-hybridized carbons (Fsp3) is 0.125. The number of anilines is 1. The molecule has 0 bridgehead atoms. The van der Waals surface area contributed by atoms with Crippen molar-refractivity contribution in [1.82, 2.24) is 0 Å². The first-order chi connectivity index (χ1) is 9.99. The standard InChI is InChI=1S/C16H15FN2O2/c1-10(11-5-3-2-4-6-11)16(21)19-14-8-7-12(15(18)20)9-13(14)17/h2-10H,1H3,(H2,18,20)(H,19,21). The van der Waals surface area contributed by atoms with Gasteiger partial charge >= 0.3 is 0 Å². The molecule has 2 rings (SSSR count). The highest BCUT2D eigenvalue weighted by molar-refractivity contribution is 5.97. The van der Waals surface area contributed by atoms with Crippen molar-refractivity contribution in [2.24, 2.45) is 5.73 Å². The lowest BCUT2D eigenvalue weighted by Crippen LogP contribution is -2.20. The maximum absolute atomic E-state index is 13.8. The van der Waals surface area contributed by atoms with E-state index < -0.39 is 17.6 Å². The first kappa shape index (κ1) is 14.7. The van der Waals surface area contributed by atoms with Crippen molar-refractivity contribution in [2.45, 2.75) is 12.8 Å². The van der Waals surface area contributed by atoms with Gasteiger partial charge < -0.3 is 11.1 Å². The summed E-state index contributed by atoms with van der Waals surface area (Å²) < 4.78 is 13.8. The van der Waals surface area contributed by atoms with Crippen molar-refractivity contribution in [3.05, 3.63) is 65.5 Å². The van der Waals surface area contributed by atoms with Gasteiger partial charge in [0.2, 0.25) is 11.8 Å². The molecular weight excluding hydrogens is 271 g/mol. The summed E-state index contributed by atoms with van der Waals surface area (Å²) in [4.78, 5) is 23.1. The summed E-state index contributed by atoms with van der Waals surface area (Å²) in [5.41, 5.74) is 5.98. The number of hydrogen-bond donors (Lipinski definition) is 2. The van der Waals surface area contributed by atoms with Crippen LogP contribution in [0.2, 0.25) is 0 Å². The molecule has 108 valence electrons. The average molecular weight is 286 g/mol. The van der Waals surface area contributed by atoms with Crippen LogP contribution in [0.5, 0.6) is 0 Å². The van der Waals surface area contributed by atoms with Crippen LogP contribution in [0.3, 0.4) is 0 Å². The second-order valence-electron chi connectivity index (χ2n) is 4.68. The van der Waals surface area contributed by atoms with Gasteiger partial charge in [0, 0.05) is 5.56 Å². The average Bonchev–Trinajstić information content (AvgIpc) is 2.49. The predicted octanol–water partition coefficient (Wildman–Crippen LogP) is 2.67. The summed E-state index contributed by atoms with van der Waals surface area (Å²) in [5.74, 6) is -2.15. The summed E-state index contributed by atoms with van der Waals surface area (Å²) in [5, 5.41) is 2.51. The molecule has 0 spiro atoms. The number of primary amides is 1. The van der Waals surface area contributed by atoms with Crippen LogP contribution in [0.15, 0.2) is 48.5 Å². The SMILES string of the molecule is CC(C(=O)Nc1ccc(C(N)=O)cc1F)c1ccccc1. The Kier molecular flexibility index (Phi) is 4.33. The summed E-state index contributed by atoms with van der Waals surface area (Å²) >= 11 is 0. The second kappa shape index (κ2) is 6.17. The van der Waals surface area contributed by atoms with E-state index in [1.54, 1.807) is 6.92 Å². The van der Waals surface area contributed by atoms with Gasteiger partial charge in [-0.05, 0) is 30.7 Å². The van der Waals surface area contributed by atoms with Crippen LogP contribution in [-0.4, -0.2) is 11.8 Å². The number of nitrogens with two attached hydrogens (primary N) is 1. The van der Waals surface area contributed by atoms with E-state index in [9.17, 15) is 14.0 Å². The van der Waals surface area contributed by atoms with Gasteiger partial charge in [-0.2, -0.15) is 0 Å².